The van der Waals surface area contributed by atoms with Crippen molar-refractivity contribution in [2.45, 2.75) is 39.5 Å². The first-order valence-electron chi connectivity index (χ1n) is 8.68. The third kappa shape index (κ3) is 2.10. The molecule has 0 aliphatic heterocycles. The van der Waals surface area contributed by atoms with Gasteiger partial charge in [-0.25, -0.2) is 0 Å². The fourth-order valence-electron chi connectivity index (χ4n) is 5.06. The SMILES string of the molecule is CCOC(=O)C1[C@H]2CC3=C(C[C@@H]4C(C(=O)OCC)[C@@H]4C3)C[C@@H]12. The van der Waals surface area contributed by atoms with Crippen molar-refractivity contribution in [2.24, 2.45) is 35.5 Å². The second-order valence-corrected chi connectivity index (χ2v) is 7.23. The standard InChI is InChI=1S/C18H24O4/c1-3-21-17(19)15-11-5-9-7-13-14(8-10(9)6-12(11)15)16(13)18(20)22-4-2/h11-16H,3-8H2,1-2H3/t11-,12+,13+,14-,15?,16?. The molecule has 0 aromatic rings. The maximum Gasteiger partial charge on any atom is 0.309 e. The van der Waals surface area contributed by atoms with E-state index in [0.717, 1.165) is 25.7 Å². The summed E-state index contributed by atoms with van der Waals surface area (Å²) in [5.74, 6) is 2.33. The summed E-state index contributed by atoms with van der Waals surface area (Å²) in [5.41, 5.74) is 3.09. The van der Waals surface area contributed by atoms with Crippen molar-refractivity contribution in [3.63, 3.8) is 0 Å². The number of hydrogen-bond acceptors (Lipinski definition) is 4. The Morgan fingerprint density at radius 1 is 0.773 bits per heavy atom. The molecule has 0 bridgehead atoms. The Labute approximate surface area is 131 Å². The molecule has 4 aliphatic carbocycles. The van der Waals surface area contributed by atoms with Crippen molar-refractivity contribution < 1.29 is 19.1 Å². The number of allylic oxidation sites excluding steroid dienone is 2. The van der Waals surface area contributed by atoms with E-state index < -0.39 is 0 Å². The van der Waals surface area contributed by atoms with E-state index in [-0.39, 0.29) is 23.8 Å². The molecule has 0 aromatic heterocycles. The maximum atomic E-state index is 12.0. The second kappa shape index (κ2) is 5.10. The van der Waals surface area contributed by atoms with Gasteiger partial charge in [0.2, 0.25) is 0 Å². The fraction of sp³-hybridized carbons (Fsp3) is 0.778. The van der Waals surface area contributed by atoms with E-state index in [2.05, 4.69) is 0 Å². The Hall–Kier alpha value is -1.32. The molecule has 0 amide bonds. The largest absolute Gasteiger partial charge is 0.466 e. The highest BCUT2D eigenvalue weighted by molar-refractivity contribution is 5.78. The van der Waals surface area contributed by atoms with Gasteiger partial charge in [0, 0.05) is 0 Å². The van der Waals surface area contributed by atoms with Crippen LogP contribution in [0.25, 0.3) is 0 Å². The molecule has 0 heterocycles. The van der Waals surface area contributed by atoms with E-state index in [4.69, 9.17) is 9.47 Å². The molecule has 6 atom stereocenters. The Morgan fingerprint density at radius 3 is 1.36 bits per heavy atom. The number of ether oxygens (including phenoxy) is 2. The number of rotatable bonds is 4. The molecule has 4 rings (SSSR count). The van der Waals surface area contributed by atoms with Gasteiger partial charge in [-0.2, -0.15) is 0 Å². The van der Waals surface area contributed by atoms with Gasteiger partial charge in [0.1, 0.15) is 0 Å². The van der Waals surface area contributed by atoms with E-state index in [1.165, 1.54) is 0 Å². The van der Waals surface area contributed by atoms with Crippen LogP contribution in [0.3, 0.4) is 0 Å². The third-order valence-corrected chi connectivity index (χ3v) is 6.21. The molecule has 4 heteroatoms. The minimum atomic E-state index is 0.00639. The highest BCUT2D eigenvalue weighted by Crippen LogP contribution is 2.65. The summed E-state index contributed by atoms with van der Waals surface area (Å²) in [6.45, 7) is 4.70. The molecule has 0 N–H and O–H groups in total. The van der Waals surface area contributed by atoms with Gasteiger partial charge in [-0.1, -0.05) is 11.1 Å². The van der Waals surface area contributed by atoms with Crippen LogP contribution in [0.2, 0.25) is 0 Å². The Balaban J connectivity index is 1.38. The van der Waals surface area contributed by atoms with Gasteiger partial charge in [-0.15, -0.1) is 0 Å². The minimum absolute atomic E-state index is 0.00639. The molecule has 120 valence electrons. The number of esters is 2. The van der Waals surface area contributed by atoms with Crippen LogP contribution < -0.4 is 0 Å². The Bertz CT molecular complexity index is 473. The molecule has 0 aromatic carbocycles. The fourth-order valence-corrected chi connectivity index (χ4v) is 5.06. The first-order chi connectivity index (χ1) is 10.7. The molecule has 22 heavy (non-hydrogen) atoms. The lowest BCUT2D eigenvalue weighted by Crippen LogP contribution is -2.08. The predicted molar refractivity (Wildman–Crippen MR) is 79.7 cm³/mol. The normalized spacial score (nSPS) is 41.0. The second-order valence-electron chi connectivity index (χ2n) is 7.23. The van der Waals surface area contributed by atoms with Gasteiger partial charge in [0.05, 0.1) is 25.0 Å². The van der Waals surface area contributed by atoms with Gasteiger partial charge < -0.3 is 9.47 Å². The van der Waals surface area contributed by atoms with Crippen LogP contribution in [-0.4, -0.2) is 25.2 Å². The summed E-state index contributed by atoms with van der Waals surface area (Å²) >= 11 is 0. The van der Waals surface area contributed by atoms with Gasteiger partial charge >= 0.3 is 11.9 Å². The van der Waals surface area contributed by atoms with E-state index >= 15 is 0 Å². The van der Waals surface area contributed by atoms with Crippen molar-refractivity contribution in [1.82, 2.24) is 0 Å². The lowest BCUT2D eigenvalue weighted by atomic mass is 9.82. The molecule has 0 radical (unpaired) electrons. The quantitative estimate of drug-likeness (QED) is 0.592. The number of fused-ring (bicyclic) bond motifs is 2. The summed E-state index contributed by atoms with van der Waals surface area (Å²) in [4.78, 5) is 23.9. The molecule has 4 nitrogen and oxygen atoms in total. The molecular formula is C18H24O4. The summed E-state index contributed by atoms with van der Waals surface area (Å²) in [6.07, 6.45) is 4.23. The van der Waals surface area contributed by atoms with Crippen LogP contribution in [0.4, 0.5) is 0 Å². The Morgan fingerprint density at radius 2 is 1.09 bits per heavy atom. The van der Waals surface area contributed by atoms with Crippen LogP contribution >= 0.6 is 0 Å². The van der Waals surface area contributed by atoms with Crippen molar-refractivity contribution in [1.29, 1.82) is 0 Å². The van der Waals surface area contributed by atoms with Crippen LogP contribution in [-0.2, 0) is 19.1 Å². The lowest BCUT2D eigenvalue weighted by Gasteiger charge is -2.23. The van der Waals surface area contributed by atoms with E-state index in [9.17, 15) is 9.59 Å². The smallest absolute Gasteiger partial charge is 0.309 e. The highest BCUT2D eigenvalue weighted by Gasteiger charge is 2.62. The topological polar surface area (TPSA) is 52.6 Å². The minimum Gasteiger partial charge on any atom is -0.466 e. The van der Waals surface area contributed by atoms with Crippen molar-refractivity contribution in [3.8, 4) is 0 Å². The summed E-state index contributed by atoms with van der Waals surface area (Å²) in [5, 5.41) is 0. The lowest BCUT2D eigenvalue weighted by molar-refractivity contribution is -0.146. The first kappa shape index (κ1) is 14.3. The van der Waals surface area contributed by atoms with Gasteiger partial charge in [-0.05, 0) is 63.2 Å². The zero-order valence-electron chi connectivity index (χ0n) is 13.3. The predicted octanol–water partition coefficient (Wildman–Crippen LogP) is 2.72. The number of carbonyl (C=O) groups excluding carboxylic acids is 2. The molecule has 2 unspecified atom stereocenters. The zero-order chi connectivity index (χ0) is 15.4. The molecule has 2 fully saturated rings. The van der Waals surface area contributed by atoms with Gasteiger partial charge in [-0.3, -0.25) is 9.59 Å². The number of hydrogen-bond donors (Lipinski definition) is 0. The molecule has 0 spiro atoms. The van der Waals surface area contributed by atoms with Crippen molar-refractivity contribution in [2.75, 3.05) is 13.2 Å². The number of carbonyl (C=O) groups is 2. The molecular weight excluding hydrogens is 280 g/mol. The van der Waals surface area contributed by atoms with Crippen LogP contribution in [0.15, 0.2) is 11.1 Å². The van der Waals surface area contributed by atoms with Gasteiger partial charge in [0.15, 0.2) is 0 Å². The monoisotopic (exact) mass is 304 g/mol. The first-order valence-corrected chi connectivity index (χ1v) is 8.68. The summed E-state index contributed by atoms with van der Waals surface area (Å²) in [7, 11) is 0. The molecule has 4 aliphatic rings. The Kier molecular flexibility index (Phi) is 3.31. The van der Waals surface area contributed by atoms with E-state index in [1.54, 1.807) is 11.1 Å². The van der Waals surface area contributed by atoms with Crippen molar-refractivity contribution in [3.05, 3.63) is 11.1 Å². The zero-order valence-corrected chi connectivity index (χ0v) is 13.3. The molecule has 2 saturated carbocycles. The van der Waals surface area contributed by atoms with E-state index in [0.29, 0.717) is 36.9 Å². The van der Waals surface area contributed by atoms with Gasteiger partial charge in [0.25, 0.3) is 0 Å². The average molecular weight is 304 g/mol. The van der Waals surface area contributed by atoms with Crippen LogP contribution in [0, 0.1) is 35.5 Å². The van der Waals surface area contributed by atoms with E-state index in [1.807, 2.05) is 13.8 Å². The van der Waals surface area contributed by atoms with Crippen LogP contribution in [0.1, 0.15) is 39.5 Å². The van der Waals surface area contributed by atoms with Crippen molar-refractivity contribution >= 4 is 11.9 Å². The summed E-state index contributed by atoms with van der Waals surface area (Å²) < 4.78 is 10.4. The highest BCUT2D eigenvalue weighted by atomic mass is 16.5. The average Bonchev–Trinajstić information content (AvgIpc) is 3.36. The third-order valence-electron chi connectivity index (χ3n) is 6.21. The summed E-state index contributed by atoms with van der Waals surface area (Å²) in [6, 6.07) is 0. The maximum absolute atomic E-state index is 12.0. The van der Waals surface area contributed by atoms with Crippen LogP contribution in [0.5, 0.6) is 0 Å². The molecule has 0 saturated heterocycles.